The van der Waals surface area contributed by atoms with E-state index in [2.05, 4.69) is 17.2 Å². The van der Waals surface area contributed by atoms with E-state index >= 15 is 4.39 Å². The van der Waals surface area contributed by atoms with Crippen LogP contribution in [0.5, 0.6) is 0 Å². The molecule has 4 rings (SSSR count). The molecule has 4 aliphatic rings. The molecular weight excluding hydrogens is 461 g/mol. The van der Waals surface area contributed by atoms with Gasteiger partial charge in [0, 0.05) is 16.7 Å². The van der Waals surface area contributed by atoms with E-state index in [0.29, 0.717) is 24.8 Å². The summed E-state index contributed by atoms with van der Waals surface area (Å²) in [4.78, 5) is 40.5. The Balaban J connectivity index is 1.67. The minimum Gasteiger partial charge on any atom is -0.456 e. The highest BCUT2D eigenvalue weighted by molar-refractivity contribution is 7.78. The number of alkyl halides is 1. The number of carbonyl (C=O) groups excluding carboxylic acids is 3. The third-order valence-electron chi connectivity index (χ3n) is 9.28. The zero-order valence-corrected chi connectivity index (χ0v) is 20.4. The molecule has 0 unspecified atom stereocenters. The summed E-state index contributed by atoms with van der Waals surface area (Å²) in [5.41, 5.74) is -5.53. The maximum Gasteiger partial charge on any atom is 0.328 e. The first-order chi connectivity index (χ1) is 15.9. The average molecular weight is 492 g/mol. The van der Waals surface area contributed by atoms with Crippen molar-refractivity contribution in [3.63, 3.8) is 0 Å². The van der Waals surface area contributed by atoms with Crippen molar-refractivity contribution in [3.8, 4) is 0 Å². The number of rotatable bonds is 5. The summed E-state index contributed by atoms with van der Waals surface area (Å²) in [5, 5.41) is 25.1. The van der Waals surface area contributed by atoms with E-state index in [0.717, 1.165) is 0 Å². The van der Waals surface area contributed by atoms with Crippen molar-refractivity contribution in [2.75, 3.05) is 13.2 Å². The average Bonchev–Trinajstić information content (AvgIpc) is 2.99. The fourth-order valence-electron chi connectivity index (χ4n) is 7.54. The molecule has 2 N–H and O–H groups in total. The molecule has 9 heteroatoms. The summed E-state index contributed by atoms with van der Waals surface area (Å²) in [6, 6.07) is 0. The number of aliphatic imine (C=N–C) groups is 1. The zero-order valence-electron chi connectivity index (χ0n) is 19.5. The van der Waals surface area contributed by atoms with Crippen molar-refractivity contribution in [1.29, 1.82) is 0 Å². The van der Waals surface area contributed by atoms with E-state index in [1.165, 1.54) is 12.2 Å². The number of aliphatic hydroxyl groups excluding tert-OH is 1. The molecule has 4 aliphatic carbocycles. The van der Waals surface area contributed by atoms with Crippen LogP contribution in [0, 0.1) is 28.6 Å². The number of thiocarbonyl (C=S) groups is 1. The molecule has 34 heavy (non-hydrogen) atoms. The van der Waals surface area contributed by atoms with E-state index in [1.807, 2.05) is 5.16 Å². The highest BCUT2D eigenvalue weighted by Gasteiger charge is 2.75. The molecule has 184 valence electrons. The molecule has 0 bridgehead atoms. The van der Waals surface area contributed by atoms with Gasteiger partial charge in [-0.3, -0.25) is 14.4 Å². The van der Waals surface area contributed by atoms with Gasteiger partial charge in [-0.15, -0.1) is 0 Å². The van der Waals surface area contributed by atoms with Gasteiger partial charge in [0.25, 0.3) is 0 Å². The van der Waals surface area contributed by atoms with Crippen molar-refractivity contribution in [3.05, 3.63) is 23.8 Å². The third-order valence-corrected chi connectivity index (χ3v) is 9.41. The molecular formula is C25H30FNO6S. The Morgan fingerprint density at radius 2 is 2.06 bits per heavy atom. The van der Waals surface area contributed by atoms with Gasteiger partial charge in [0.15, 0.2) is 18.1 Å². The van der Waals surface area contributed by atoms with Gasteiger partial charge >= 0.3 is 5.97 Å². The summed E-state index contributed by atoms with van der Waals surface area (Å²) >= 11 is 4.41. The lowest BCUT2D eigenvalue weighted by Crippen LogP contribution is -2.69. The summed E-state index contributed by atoms with van der Waals surface area (Å²) in [6.07, 6.45) is 4.09. The quantitative estimate of drug-likeness (QED) is 0.345. The van der Waals surface area contributed by atoms with Crippen molar-refractivity contribution in [2.24, 2.45) is 33.6 Å². The normalized spacial score (nSPS) is 44.8. The Morgan fingerprint density at radius 3 is 2.74 bits per heavy atom. The Hall–Kier alpha value is -2.06. The minimum atomic E-state index is -2.04. The predicted molar refractivity (Wildman–Crippen MR) is 124 cm³/mol. The summed E-state index contributed by atoms with van der Waals surface area (Å²) in [6.45, 7) is 4.17. The van der Waals surface area contributed by atoms with Crippen LogP contribution in [0.1, 0.15) is 46.5 Å². The molecule has 3 fully saturated rings. The van der Waals surface area contributed by atoms with Crippen LogP contribution in [0.25, 0.3) is 0 Å². The molecule has 0 aromatic heterocycles. The van der Waals surface area contributed by atoms with Crippen LogP contribution >= 0.6 is 12.2 Å². The summed E-state index contributed by atoms with van der Waals surface area (Å²) < 4.78 is 22.1. The van der Waals surface area contributed by atoms with Crippen molar-refractivity contribution in [2.45, 2.75) is 63.8 Å². The van der Waals surface area contributed by atoms with Gasteiger partial charge in [0.05, 0.1) is 11.3 Å². The molecule has 0 aliphatic heterocycles. The number of esters is 1. The molecule has 0 saturated heterocycles. The number of hydrogen-bond donors (Lipinski definition) is 2. The Morgan fingerprint density at radius 1 is 1.35 bits per heavy atom. The second-order valence-corrected chi connectivity index (χ2v) is 10.8. The van der Waals surface area contributed by atoms with Gasteiger partial charge in [0.1, 0.15) is 12.1 Å². The smallest absolute Gasteiger partial charge is 0.328 e. The molecule has 0 amide bonds. The van der Waals surface area contributed by atoms with Crippen LogP contribution in [0.2, 0.25) is 0 Å². The SMILES string of the molecule is C[C@@H]1C[C@H]2[C@@H]3CCC4=CC(=O)C=C[C@]4(C)[C@@]3(F)[C@@H](O)C[C@]2(C)[C@@]1(O)C(=O)COC(=O)CN=C=S. The zero-order chi connectivity index (χ0) is 25.1. The second kappa shape index (κ2) is 8.26. The molecule has 0 radical (unpaired) electrons. The van der Waals surface area contributed by atoms with E-state index in [4.69, 9.17) is 4.74 Å². The Labute approximate surface area is 203 Å². The maximum atomic E-state index is 17.1. The van der Waals surface area contributed by atoms with Crippen LogP contribution in [0.4, 0.5) is 4.39 Å². The van der Waals surface area contributed by atoms with E-state index in [1.54, 1.807) is 26.8 Å². The number of fused-ring (bicyclic) bond motifs is 5. The number of ketones is 2. The van der Waals surface area contributed by atoms with E-state index in [-0.39, 0.29) is 24.7 Å². The van der Waals surface area contributed by atoms with Gasteiger partial charge in [-0.1, -0.05) is 25.5 Å². The number of ether oxygens (including phenoxy) is 1. The van der Waals surface area contributed by atoms with Crippen molar-refractivity contribution >= 4 is 34.9 Å². The standard InChI is InChI=1S/C25H30FNO6S/c1-14-8-18-17-5-4-15-9-16(28)6-7-22(15,2)24(17,26)19(29)10-23(18,3)25(14,32)20(30)12-33-21(31)11-27-13-34/h6-7,9,14,17-19,29,32H,4-5,8,10-12H2,1-3H3/t14-,17+,18+,19+,22+,23+,24+,25+/m1/s1. The fourth-order valence-corrected chi connectivity index (χ4v) is 7.60. The van der Waals surface area contributed by atoms with Crippen molar-refractivity contribution in [1.82, 2.24) is 0 Å². The highest BCUT2D eigenvalue weighted by Crippen LogP contribution is 2.70. The monoisotopic (exact) mass is 491 g/mol. The van der Waals surface area contributed by atoms with Crippen LogP contribution < -0.4 is 0 Å². The lowest BCUT2D eigenvalue weighted by Gasteiger charge is -2.62. The van der Waals surface area contributed by atoms with Gasteiger partial charge < -0.3 is 14.9 Å². The Bertz CT molecular complexity index is 1050. The minimum absolute atomic E-state index is 0.134. The first-order valence-corrected chi connectivity index (χ1v) is 12.0. The topological polar surface area (TPSA) is 113 Å². The number of isothiocyanates is 1. The van der Waals surface area contributed by atoms with E-state index in [9.17, 15) is 24.6 Å². The first-order valence-electron chi connectivity index (χ1n) is 11.6. The number of Topliss-reactive ketones (excluding diaryl/α,β-unsaturated/α-hetero) is 1. The summed E-state index contributed by atoms with van der Waals surface area (Å²) in [7, 11) is 0. The van der Waals surface area contributed by atoms with Gasteiger partial charge in [-0.05, 0) is 68.8 Å². The van der Waals surface area contributed by atoms with Crippen LogP contribution in [-0.2, 0) is 19.1 Å². The fraction of sp³-hybridized carbons (Fsp3) is 0.680. The molecule has 7 nitrogen and oxygen atoms in total. The lowest BCUT2D eigenvalue weighted by molar-refractivity contribution is -0.219. The molecule has 3 saturated carbocycles. The predicted octanol–water partition coefficient (Wildman–Crippen LogP) is 2.55. The molecule has 8 atom stereocenters. The molecule has 0 heterocycles. The van der Waals surface area contributed by atoms with Gasteiger partial charge in [-0.2, -0.15) is 0 Å². The highest BCUT2D eigenvalue weighted by atomic mass is 32.1. The Kier molecular flexibility index (Phi) is 6.09. The molecule has 0 spiro atoms. The van der Waals surface area contributed by atoms with Gasteiger partial charge in [0.2, 0.25) is 5.78 Å². The number of carbonyl (C=O) groups is 3. The number of hydrogen-bond acceptors (Lipinski definition) is 8. The molecule has 0 aromatic rings. The largest absolute Gasteiger partial charge is 0.456 e. The number of aliphatic hydroxyl groups is 2. The molecule has 0 aromatic carbocycles. The second-order valence-electron chi connectivity index (χ2n) is 10.7. The van der Waals surface area contributed by atoms with E-state index < -0.39 is 58.4 Å². The first kappa shape index (κ1) is 25.0. The third kappa shape index (κ3) is 3.17. The number of allylic oxidation sites excluding steroid dienone is 4. The lowest BCUT2D eigenvalue weighted by atomic mass is 9.44. The number of nitrogens with zero attached hydrogens (tertiary/aromatic N) is 1. The maximum absolute atomic E-state index is 17.1. The van der Waals surface area contributed by atoms with Crippen LogP contribution in [0.3, 0.4) is 0 Å². The van der Waals surface area contributed by atoms with Crippen LogP contribution in [0.15, 0.2) is 28.8 Å². The summed E-state index contributed by atoms with van der Waals surface area (Å²) in [5.74, 6) is -3.17. The van der Waals surface area contributed by atoms with Gasteiger partial charge in [-0.25, -0.2) is 9.38 Å². The van der Waals surface area contributed by atoms with Crippen LogP contribution in [-0.4, -0.2) is 63.4 Å². The number of halogens is 1. The van der Waals surface area contributed by atoms with Crippen molar-refractivity contribution < 1.29 is 33.7 Å².